The van der Waals surface area contributed by atoms with E-state index in [1.54, 1.807) is 4.90 Å². The molecule has 3 rings (SSSR count). The van der Waals surface area contributed by atoms with Crippen molar-refractivity contribution < 1.29 is 22.3 Å². The lowest BCUT2D eigenvalue weighted by Crippen LogP contribution is -2.51. The van der Waals surface area contributed by atoms with Gasteiger partial charge in [0.1, 0.15) is 11.6 Å². The Hall–Kier alpha value is -2.45. The number of amides is 1. The third-order valence-corrected chi connectivity index (χ3v) is 6.64. The van der Waals surface area contributed by atoms with E-state index in [-0.39, 0.29) is 43.6 Å². The van der Waals surface area contributed by atoms with Crippen molar-refractivity contribution >= 4 is 15.9 Å². The minimum atomic E-state index is -3.70. The summed E-state index contributed by atoms with van der Waals surface area (Å²) < 4.78 is 45.2. The summed E-state index contributed by atoms with van der Waals surface area (Å²) in [5, 5.41) is 0. The van der Waals surface area contributed by atoms with Crippen molar-refractivity contribution in [1.82, 2.24) is 9.21 Å². The van der Waals surface area contributed by atoms with Gasteiger partial charge in [-0.25, -0.2) is 12.8 Å². The van der Waals surface area contributed by atoms with Gasteiger partial charge in [-0.3, -0.25) is 4.79 Å². The molecule has 1 heterocycles. The number of nitrogens with zero attached hydrogens (tertiary/aromatic N) is 2. The summed E-state index contributed by atoms with van der Waals surface area (Å²) in [5.41, 5.74) is 2.08. The summed E-state index contributed by atoms with van der Waals surface area (Å²) in [5.74, 6) is -0.00606. The van der Waals surface area contributed by atoms with Gasteiger partial charge in [0.05, 0.1) is 4.90 Å². The second-order valence-corrected chi connectivity index (χ2v) is 8.73. The molecule has 0 saturated carbocycles. The van der Waals surface area contributed by atoms with Gasteiger partial charge in [0.15, 0.2) is 6.61 Å². The molecule has 28 heavy (non-hydrogen) atoms. The number of carbonyl (C=O) groups excluding carboxylic acids is 1. The molecule has 1 aliphatic rings. The number of rotatable bonds is 5. The Kier molecular flexibility index (Phi) is 6.00. The van der Waals surface area contributed by atoms with E-state index in [0.29, 0.717) is 5.75 Å². The third-order valence-electron chi connectivity index (χ3n) is 4.72. The van der Waals surface area contributed by atoms with E-state index in [2.05, 4.69) is 0 Å². The van der Waals surface area contributed by atoms with Crippen LogP contribution in [0.1, 0.15) is 11.1 Å². The average Bonchev–Trinajstić information content (AvgIpc) is 2.67. The molecule has 6 nitrogen and oxygen atoms in total. The number of benzene rings is 2. The molecule has 1 aliphatic heterocycles. The molecule has 0 radical (unpaired) electrons. The maximum atomic E-state index is 13.0. The quantitative estimate of drug-likeness (QED) is 0.765. The first-order chi connectivity index (χ1) is 13.3. The molecule has 0 unspecified atom stereocenters. The van der Waals surface area contributed by atoms with Crippen molar-refractivity contribution in [2.45, 2.75) is 18.7 Å². The highest BCUT2D eigenvalue weighted by molar-refractivity contribution is 7.89. The zero-order valence-corrected chi connectivity index (χ0v) is 16.7. The Labute approximate surface area is 164 Å². The van der Waals surface area contributed by atoms with Gasteiger partial charge in [0.25, 0.3) is 5.91 Å². The first kappa shape index (κ1) is 20.3. The van der Waals surface area contributed by atoms with Crippen LogP contribution in [0.4, 0.5) is 4.39 Å². The number of hydrogen-bond acceptors (Lipinski definition) is 4. The van der Waals surface area contributed by atoms with Gasteiger partial charge in [-0.2, -0.15) is 4.31 Å². The van der Waals surface area contributed by atoms with Crippen molar-refractivity contribution in [2.75, 3.05) is 32.8 Å². The maximum Gasteiger partial charge on any atom is 0.260 e. The minimum absolute atomic E-state index is 0.0480. The second kappa shape index (κ2) is 8.28. The van der Waals surface area contributed by atoms with E-state index in [1.807, 2.05) is 32.0 Å². The largest absolute Gasteiger partial charge is 0.484 e. The third kappa shape index (κ3) is 4.51. The molecule has 1 saturated heterocycles. The van der Waals surface area contributed by atoms with Crippen molar-refractivity contribution in [3.8, 4) is 5.75 Å². The lowest BCUT2D eigenvalue weighted by atomic mass is 10.1. The average molecular weight is 406 g/mol. The fourth-order valence-corrected chi connectivity index (χ4v) is 4.55. The standard InChI is InChI=1S/C20H23FN2O4S/c1-15-3-8-19(16(2)13-15)27-14-20(24)22-9-11-23(12-10-22)28(25,26)18-6-4-17(21)5-7-18/h3-8,13H,9-12,14H2,1-2H3. The molecular weight excluding hydrogens is 383 g/mol. The van der Waals surface area contributed by atoms with E-state index in [1.165, 1.54) is 16.4 Å². The van der Waals surface area contributed by atoms with E-state index in [4.69, 9.17) is 4.74 Å². The lowest BCUT2D eigenvalue weighted by Gasteiger charge is -2.34. The molecule has 0 atom stereocenters. The van der Waals surface area contributed by atoms with Crippen LogP contribution >= 0.6 is 0 Å². The van der Waals surface area contributed by atoms with Gasteiger partial charge in [-0.1, -0.05) is 17.7 Å². The predicted octanol–water partition coefficient (Wildman–Crippen LogP) is 2.35. The summed E-state index contributed by atoms with van der Waals surface area (Å²) in [4.78, 5) is 14.1. The molecule has 150 valence electrons. The Balaban J connectivity index is 1.55. The number of hydrogen-bond donors (Lipinski definition) is 0. The molecule has 1 amide bonds. The van der Waals surface area contributed by atoms with E-state index >= 15 is 0 Å². The molecule has 8 heteroatoms. The lowest BCUT2D eigenvalue weighted by molar-refractivity contribution is -0.134. The molecule has 2 aromatic carbocycles. The smallest absolute Gasteiger partial charge is 0.260 e. The maximum absolute atomic E-state index is 13.0. The van der Waals surface area contributed by atoms with Gasteiger partial charge in [-0.05, 0) is 49.7 Å². The molecule has 0 aliphatic carbocycles. The number of sulfonamides is 1. The Morgan fingerprint density at radius 1 is 1.04 bits per heavy atom. The SMILES string of the molecule is Cc1ccc(OCC(=O)N2CCN(S(=O)(=O)c3ccc(F)cc3)CC2)c(C)c1. The molecule has 2 aromatic rings. The van der Waals surface area contributed by atoms with Gasteiger partial charge >= 0.3 is 0 Å². The van der Waals surface area contributed by atoms with Crippen molar-refractivity contribution in [3.63, 3.8) is 0 Å². The number of carbonyl (C=O) groups is 1. The van der Waals surface area contributed by atoms with Crippen LogP contribution < -0.4 is 4.74 Å². The number of halogens is 1. The van der Waals surface area contributed by atoms with Crippen LogP contribution in [-0.4, -0.2) is 56.3 Å². The Morgan fingerprint density at radius 2 is 1.68 bits per heavy atom. The minimum Gasteiger partial charge on any atom is -0.484 e. The molecule has 0 spiro atoms. The normalized spacial score (nSPS) is 15.5. The fraction of sp³-hybridized carbons (Fsp3) is 0.350. The summed E-state index contributed by atoms with van der Waals surface area (Å²) in [6, 6.07) is 10.5. The van der Waals surface area contributed by atoms with Gasteiger partial charge in [0, 0.05) is 26.2 Å². The summed E-state index contributed by atoms with van der Waals surface area (Å²) in [6.45, 7) is 4.77. The second-order valence-electron chi connectivity index (χ2n) is 6.80. The van der Waals surface area contributed by atoms with E-state index in [9.17, 15) is 17.6 Å². The molecular formula is C20H23FN2O4S. The van der Waals surface area contributed by atoms with Crippen LogP contribution in [0.2, 0.25) is 0 Å². The van der Waals surface area contributed by atoms with Crippen LogP contribution in [0, 0.1) is 19.7 Å². The van der Waals surface area contributed by atoms with Crippen LogP contribution in [0.25, 0.3) is 0 Å². The highest BCUT2D eigenvalue weighted by Crippen LogP contribution is 2.20. The predicted molar refractivity (Wildman–Crippen MR) is 103 cm³/mol. The van der Waals surface area contributed by atoms with Crippen LogP contribution in [0.5, 0.6) is 5.75 Å². The number of aryl methyl sites for hydroxylation is 2. The molecule has 0 aromatic heterocycles. The van der Waals surface area contributed by atoms with Crippen LogP contribution in [-0.2, 0) is 14.8 Å². The zero-order valence-electron chi connectivity index (χ0n) is 15.9. The monoisotopic (exact) mass is 406 g/mol. The van der Waals surface area contributed by atoms with E-state index < -0.39 is 15.8 Å². The van der Waals surface area contributed by atoms with E-state index in [0.717, 1.165) is 23.3 Å². The molecule has 0 bridgehead atoms. The van der Waals surface area contributed by atoms with Crippen LogP contribution in [0.15, 0.2) is 47.4 Å². The first-order valence-electron chi connectivity index (χ1n) is 9.01. The zero-order chi connectivity index (χ0) is 20.3. The topological polar surface area (TPSA) is 66.9 Å². The fourth-order valence-electron chi connectivity index (χ4n) is 3.13. The Bertz CT molecular complexity index is 953. The molecule has 0 N–H and O–H groups in total. The van der Waals surface area contributed by atoms with Crippen molar-refractivity contribution in [2.24, 2.45) is 0 Å². The van der Waals surface area contributed by atoms with Crippen LogP contribution in [0.3, 0.4) is 0 Å². The highest BCUT2D eigenvalue weighted by Gasteiger charge is 2.30. The van der Waals surface area contributed by atoms with Gasteiger partial charge in [-0.15, -0.1) is 0 Å². The summed E-state index contributed by atoms with van der Waals surface area (Å²) >= 11 is 0. The Morgan fingerprint density at radius 3 is 2.29 bits per heavy atom. The summed E-state index contributed by atoms with van der Waals surface area (Å²) in [7, 11) is -3.70. The van der Waals surface area contributed by atoms with Gasteiger partial charge in [0.2, 0.25) is 10.0 Å². The number of piperazine rings is 1. The van der Waals surface area contributed by atoms with Gasteiger partial charge < -0.3 is 9.64 Å². The number of ether oxygens (including phenoxy) is 1. The first-order valence-corrected chi connectivity index (χ1v) is 10.4. The molecule has 1 fully saturated rings. The van der Waals surface area contributed by atoms with Crippen molar-refractivity contribution in [3.05, 3.63) is 59.4 Å². The summed E-state index contributed by atoms with van der Waals surface area (Å²) in [6.07, 6.45) is 0. The highest BCUT2D eigenvalue weighted by atomic mass is 32.2. The van der Waals surface area contributed by atoms with Crippen molar-refractivity contribution in [1.29, 1.82) is 0 Å².